The summed E-state index contributed by atoms with van der Waals surface area (Å²) < 4.78 is 54.0. The van der Waals surface area contributed by atoms with Gasteiger partial charge in [0.1, 0.15) is 11.6 Å². The highest BCUT2D eigenvalue weighted by molar-refractivity contribution is 5.27. The summed E-state index contributed by atoms with van der Waals surface area (Å²) in [5.41, 5.74) is -1.49. The first-order valence-corrected chi connectivity index (χ1v) is 6.88. The molecular weight excluding hydrogens is 302 g/mol. The number of hydrogen-bond donors (Lipinski definition) is 0. The van der Waals surface area contributed by atoms with Gasteiger partial charge in [-0.1, -0.05) is 6.07 Å². The topological polar surface area (TPSA) is 39.8 Å². The summed E-state index contributed by atoms with van der Waals surface area (Å²) in [6.07, 6.45) is -2.27. The van der Waals surface area contributed by atoms with Crippen molar-refractivity contribution in [1.82, 2.24) is 14.3 Å². The summed E-state index contributed by atoms with van der Waals surface area (Å²) in [5, 5.41) is 4.15. The molecule has 0 bridgehead atoms. The number of aromatic nitrogens is 3. The van der Waals surface area contributed by atoms with Crippen molar-refractivity contribution in [3.63, 3.8) is 0 Å². The summed E-state index contributed by atoms with van der Waals surface area (Å²) in [4.78, 5) is 12.1. The van der Waals surface area contributed by atoms with E-state index >= 15 is 0 Å². The highest BCUT2D eigenvalue weighted by Gasteiger charge is 2.34. The fourth-order valence-corrected chi connectivity index (χ4v) is 2.61. The van der Waals surface area contributed by atoms with Crippen LogP contribution in [0.4, 0.5) is 17.6 Å². The van der Waals surface area contributed by atoms with Crippen LogP contribution in [-0.4, -0.2) is 14.3 Å². The molecule has 22 heavy (non-hydrogen) atoms. The van der Waals surface area contributed by atoms with Crippen LogP contribution < -0.4 is 5.69 Å². The zero-order valence-electron chi connectivity index (χ0n) is 11.5. The van der Waals surface area contributed by atoms with E-state index in [1.54, 1.807) is 0 Å². The van der Waals surface area contributed by atoms with E-state index in [2.05, 4.69) is 5.10 Å². The molecule has 0 radical (unpaired) electrons. The second-order valence-electron chi connectivity index (χ2n) is 5.28. The van der Waals surface area contributed by atoms with Gasteiger partial charge in [0.15, 0.2) is 0 Å². The largest absolute Gasteiger partial charge is 0.419 e. The standard InChI is InChI=1S/C14H13F4N3O/c15-11-5-4-9(7-10(11)14(16,17)18)8-21-13(22)20-6-2-1-3-12(20)19-21/h4-5,7H,1-3,6,8H2. The highest BCUT2D eigenvalue weighted by Crippen LogP contribution is 2.31. The average molecular weight is 315 g/mol. The average Bonchev–Trinajstić information content (AvgIpc) is 2.77. The van der Waals surface area contributed by atoms with Gasteiger partial charge >= 0.3 is 11.9 Å². The van der Waals surface area contributed by atoms with Gasteiger partial charge in [-0.05, 0) is 30.5 Å². The van der Waals surface area contributed by atoms with Crippen LogP contribution in [0.25, 0.3) is 0 Å². The van der Waals surface area contributed by atoms with Crippen LogP contribution in [-0.2, 0) is 25.7 Å². The number of nitrogens with zero attached hydrogens (tertiary/aromatic N) is 3. The number of halogens is 4. The maximum Gasteiger partial charge on any atom is 0.419 e. The molecule has 2 heterocycles. The zero-order valence-corrected chi connectivity index (χ0v) is 11.5. The number of aryl methyl sites for hydroxylation is 1. The molecule has 0 spiro atoms. The molecule has 0 saturated heterocycles. The van der Waals surface area contributed by atoms with Gasteiger partial charge in [-0.25, -0.2) is 13.9 Å². The highest BCUT2D eigenvalue weighted by atomic mass is 19.4. The van der Waals surface area contributed by atoms with E-state index in [1.165, 1.54) is 10.6 Å². The van der Waals surface area contributed by atoms with E-state index in [0.717, 1.165) is 29.7 Å². The number of alkyl halides is 3. The lowest BCUT2D eigenvalue weighted by Crippen LogP contribution is -2.27. The summed E-state index contributed by atoms with van der Waals surface area (Å²) in [6.45, 7) is 0.466. The molecule has 4 nitrogen and oxygen atoms in total. The predicted molar refractivity (Wildman–Crippen MR) is 69.9 cm³/mol. The van der Waals surface area contributed by atoms with Crippen molar-refractivity contribution < 1.29 is 17.6 Å². The van der Waals surface area contributed by atoms with E-state index in [-0.39, 0.29) is 17.8 Å². The van der Waals surface area contributed by atoms with Crippen LogP contribution in [0.3, 0.4) is 0 Å². The summed E-state index contributed by atoms with van der Waals surface area (Å²) in [5.74, 6) is -0.679. The number of fused-ring (bicyclic) bond motifs is 1. The molecule has 0 aliphatic carbocycles. The minimum atomic E-state index is -4.77. The van der Waals surface area contributed by atoms with E-state index in [1.807, 2.05) is 0 Å². The normalized spacial score (nSPS) is 14.9. The zero-order chi connectivity index (χ0) is 15.9. The number of rotatable bonds is 2. The SMILES string of the molecule is O=c1n(Cc2ccc(F)c(C(F)(F)F)c2)nc2n1CCCC2. The third kappa shape index (κ3) is 2.65. The smallest absolute Gasteiger partial charge is 0.279 e. The molecule has 0 unspecified atom stereocenters. The Morgan fingerprint density at radius 2 is 2.00 bits per heavy atom. The molecule has 118 valence electrons. The molecule has 1 aromatic carbocycles. The Morgan fingerprint density at radius 1 is 1.23 bits per heavy atom. The van der Waals surface area contributed by atoms with Crippen molar-refractivity contribution in [3.8, 4) is 0 Å². The van der Waals surface area contributed by atoms with Crippen LogP contribution in [0.2, 0.25) is 0 Å². The number of hydrogen-bond acceptors (Lipinski definition) is 2. The Hall–Kier alpha value is -2.12. The second kappa shape index (κ2) is 5.26. The Bertz CT molecular complexity index is 760. The lowest BCUT2D eigenvalue weighted by Gasteiger charge is -2.10. The van der Waals surface area contributed by atoms with Gasteiger partial charge in [-0.15, -0.1) is 0 Å². The van der Waals surface area contributed by atoms with Gasteiger partial charge in [0.05, 0.1) is 12.1 Å². The van der Waals surface area contributed by atoms with Gasteiger partial charge in [-0.3, -0.25) is 4.57 Å². The molecule has 0 atom stereocenters. The van der Waals surface area contributed by atoms with Crippen molar-refractivity contribution in [2.45, 2.75) is 38.5 Å². The monoisotopic (exact) mass is 315 g/mol. The molecular formula is C14H13F4N3O. The lowest BCUT2D eigenvalue weighted by molar-refractivity contribution is -0.140. The van der Waals surface area contributed by atoms with Gasteiger partial charge in [0.2, 0.25) is 0 Å². The molecule has 0 N–H and O–H groups in total. The van der Waals surface area contributed by atoms with Crippen LogP contribution in [0.5, 0.6) is 0 Å². The summed E-state index contributed by atoms with van der Waals surface area (Å²) in [6, 6.07) is 2.72. The Morgan fingerprint density at radius 3 is 2.68 bits per heavy atom. The van der Waals surface area contributed by atoms with Crippen LogP contribution in [0.15, 0.2) is 23.0 Å². The molecule has 1 aliphatic rings. The minimum absolute atomic E-state index is 0.109. The number of benzene rings is 1. The molecule has 2 aromatic rings. The van der Waals surface area contributed by atoms with Crippen molar-refractivity contribution in [2.24, 2.45) is 0 Å². The van der Waals surface area contributed by atoms with E-state index in [9.17, 15) is 22.4 Å². The predicted octanol–water partition coefficient (Wildman–Crippen LogP) is 2.59. The van der Waals surface area contributed by atoms with Gasteiger partial charge in [-0.2, -0.15) is 18.3 Å². The van der Waals surface area contributed by atoms with Crippen molar-refractivity contribution in [1.29, 1.82) is 0 Å². The Balaban J connectivity index is 1.94. The summed E-state index contributed by atoms with van der Waals surface area (Å²) >= 11 is 0. The van der Waals surface area contributed by atoms with Gasteiger partial charge < -0.3 is 0 Å². The van der Waals surface area contributed by atoms with Crippen LogP contribution in [0.1, 0.15) is 29.8 Å². The van der Waals surface area contributed by atoms with Crippen molar-refractivity contribution >= 4 is 0 Å². The van der Waals surface area contributed by atoms with Crippen LogP contribution in [0, 0.1) is 5.82 Å². The maximum atomic E-state index is 13.3. The Kier molecular flexibility index (Phi) is 3.54. The van der Waals surface area contributed by atoms with E-state index in [4.69, 9.17) is 0 Å². The molecule has 3 rings (SSSR count). The second-order valence-corrected chi connectivity index (χ2v) is 5.28. The van der Waals surface area contributed by atoms with Crippen molar-refractivity contribution in [3.05, 3.63) is 51.5 Å². The first-order valence-electron chi connectivity index (χ1n) is 6.88. The molecule has 1 aromatic heterocycles. The molecule has 0 amide bonds. The van der Waals surface area contributed by atoms with E-state index in [0.29, 0.717) is 18.8 Å². The molecule has 8 heteroatoms. The van der Waals surface area contributed by atoms with Gasteiger partial charge in [0.25, 0.3) is 0 Å². The maximum absolute atomic E-state index is 13.3. The first kappa shape index (κ1) is 14.8. The van der Waals surface area contributed by atoms with Gasteiger partial charge in [0, 0.05) is 13.0 Å². The quantitative estimate of drug-likeness (QED) is 0.799. The first-order chi connectivity index (χ1) is 10.4. The molecule has 1 aliphatic heterocycles. The fraction of sp³-hybridized carbons (Fsp3) is 0.429. The lowest BCUT2D eigenvalue weighted by atomic mass is 10.1. The third-order valence-corrected chi connectivity index (χ3v) is 3.70. The molecule has 0 saturated carbocycles. The van der Waals surface area contributed by atoms with Crippen LogP contribution >= 0.6 is 0 Å². The minimum Gasteiger partial charge on any atom is -0.279 e. The Labute approximate surface area is 123 Å². The third-order valence-electron chi connectivity index (χ3n) is 3.70. The summed E-state index contributed by atoms with van der Waals surface area (Å²) in [7, 11) is 0. The molecule has 0 fully saturated rings. The van der Waals surface area contributed by atoms with E-state index < -0.39 is 17.6 Å². The fourth-order valence-electron chi connectivity index (χ4n) is 2.61. The van der Waals surface area contributed by atoms with Crippen molar-refractivity contribution in [2.75, 3.05) is 0 Å².